The molecule has 1 fully saturated rings. The largest absolute Gasteiger partial charge is 0.394 e. The predicted octanol–water partition coefficient (Wildman–Crippen LogP) is 0.646. The van der Waals surface area contributed by atoms with Gasteiger partial charge in [0.15, 0.2) is 0 Å². The van der Waals surface area contributed by atoms with Gasteiger partial charge in [0.2, 0.25) is 0 Å². The molecule has 1 heterocycles. The van der Waals surface area contributed by atoms with Crippen molar-refractivity contribution in [1.29, 1.82) is 0 Å². The maximum atomic E-state index is 8.92. The van der Waals surface area contributed by atoms with Gasteiger partial charge in [-0.1, -0.05) is 5.57 Å². The lowest BCUT2D eigenvalue weighted by Crippen LogP contribution is -2.44. The van der Waals surface area contributed by atoms with Gasteiger partial charge in [-0.3, -0.25) is 4.90 Å². The fraction of sp³-hybridized carbons (Fsp3) is 0.800. The van der Waals surface area contributed by atoms with E-state index in [0.29, 0.717) is 0 Å². The van der Waals surface area contributed by atoms with E-state index in [4.69, 9.17) is 9.84 Å². The molecule has 3 nitrogen and oxygen atoms in total. The summed E-state index contributed by atoms with van der Waals surface area (Å²) in [5.74, 6) is 0. The van der Waals surface area contributed by atoms with Gasteiger partial charge in [-0.15, -0.1) is 6.58 Å². The van der Waals surface area contributed by atoms with E-state index in [2.05, 4.69) is 11.5 Å². The highest BCUT2D eigenvalue weighted by Crippen LogP contribution is 2.06. The molecule has 1 aliphatic rings. The minimum Gasteiger partial charge on any atom is -0.394 e. The summed E-state index contributed by atoms with van der Waals surface area (Å²) >= 11 is 0. The zero-order valence-corrected chi connectivity index (χ0v) is 8.33. The molecule has 3 heteroatoms. The summed E-state index contributed by atoms with van der Waals surface area (Å²) < 4.78 is 5.35. The van der Waals surface area contributed by atoms with Gasteiger partial charge in [-0.25, -0.2) is 0 Å². The van der Waals surface area contributed by atoms with Crippen LogP contribution in [0.2, 0.25) is 0 Å². The van der Waals surface area contributed by atoms with Crippen molar-refractivity contribution < 1.29 is 9.84 Å². The summed E-state index contributed by atoms with van der Waals surface area (Å²) in [5.41, 5.74) is 1.21. The van der Waals surface area contributed by atoms with E-state index in [1.807, 2.05) is 6.92 Å². The second-order valence-corrected chi connectivity index (χ2v) is 3.68. The molecule has 0 spiro atoms. The lowest BCUT2D eigenvalue weighted by atomic mass is 10.2. The van der Waals surface area contributed by atoms with Gasteiger partial charge >= 0.3 is 0 Å². The van der Waals surface area contributed by atoms with Crippen LogP contribution in [0.3, 0.4) is 0 Å². The number of ether oxygens (including phenoxy) is 1. The molecule has 1 N–H and O–H groups in total. The van der Waals surface area contributed by atoms with Crippen LogP contribution in [0.5, 0.6) is 0 Å². The zero-order chi connectivity index (χ0) is 9.68. The Labute approximate surface area is 80.0 Å². The summed E-state index contributed by atoms with van der Waals surface area (Å²) in [7, 11) is 0. The van der Waals surface area contributed by atoms with E-state index in [9.17, 15) is 0 Å². The van der Waals surface area contributed by atoms with E-state index in [-0.39, 0.29) is 12.7 Å². The molecule has 1 atom stereocenters. The smallest absolute Gasteiger partial charge is 0.0932 e. The lowest BCUT2D eigenvalue weighted by molar-refractivity contribution is -0.0522. The zero-order valence-electron chi connectivity index (χ0n) is 8.33. The third-order valence-corrected chi connectivity index (χ3v) is 2.28. The van der Waals surface area contributed by atoms with Crippen LogP contribution in [0, 0.1) is 0 Å². The minimum absolute atomic E-state index is 0.0128. The molecule has 0 aliphatic carbocycles. The maximum Gasteiger partial charge on any atom is 0.0932 e. The number of morpholine rings is 1. The van der Waals surface area contributed by atoms with Crippen LogP contribution >= 0.6 is 0 Å². The Morgan fingerprint density at radius 1 is 1.69 bits per heavy atom. The predicted molar refractivity (Wildman–Crippen MR) is 52.7 cm³/mol. The summed E-state index contributed by atoms with van der Waals surface area (Å²) in [5, 5.41) is 8.92. The third-order valence-electron chi connectivity index (χ3n) is 2.28. The number of hydrogen-bond donors (Lipinski definition) is 1. The van der Waals surface area contributed by atoms with Gasteiger partial charge in [0.25, 0.3) is 0 Å². The molecule has 0 aromatic heterocycles. The van der Waals surface area contributed by atoms with Gasteiger partial charge in [0, 0.05) is 19.6 Å². The second kappa shape index (κ2) is 5.37. The van der Waals surface area contributed by atoms with E-state index in [1.54, 1.807) is 0 Å². The molecular formula is C10H19NO2. The summed E-state index contributed by atoms with van der Waals surface area (Å²) in [6.45, 7) is 9.65. The summed E-state index contributed by atoms with van der Waals surface area (Å²) in [4.78, 5) is 2.32. The van der Waals surface area contributed by atoms with Crippen molar-refractivity contribution >= 4 is 0 Å². The van der Waals surface area contributed by atoms with Crippen LogP contribution in [0.15, 0.2) is 12.2 Å². The van der Waals surface area contributed by atoms with Crippen LogP contribution in [0.25, 0.3) is 0 Å². The number of hydrogen-bond acceptors (Lipinski definition) is 3. The number of nitrogens with zero attached hydrogens (tertiary/aromatic N) is 1. The van der Waals surface area contributed by atoms with Crippen molar-refractivity contribution in [3.05, 3.63) is 12.2 Å². The van der Waals surface area contributed by atoms with Gasteiger partial charge < -0.3 is 9.84 Å². The van der Waals surface area contributed by atoms with Crippen LogP contribution in [0.4, 0.5) is 0 Å². The van der Waals surface area contributed by atoms with Gasteiger partial charge in [0.1, 0.15) is 0 Å². The first kappa shape index (κ1) is 10.7. The average molecular weight is 185 g/mol. The maximum absolute atomic E-state index is 8.92. The van der Waals surface area contributed by atoms with Gasteiger partial charge in [0.05, 0.1) is 19.3 Å². The molecule has 0 saturated carbocycles. The van der Waals surface area contributed by atoms with Crippen molar-refractivity contribution in [3.8, 4) is 0 Å². The fourth-order valence-corrected chi connectivity index (χ4v) is 1.44. The van der Waals surface area contributed by atoms with Crippen molar-refractivity contribution in [2.45, 2.75) is 19.4 Å². The number of aliphatic hydroxyl groups is 1. The van der Waals surface area contributed by atoms with Crippen LogP contribution in [-0.2, 0) is 4.74 Å². The molecule has 1 rings (SSSR count). The van der Waals surface area contributed by atoms with Crippen molar-refractivity contribution in [2.75, 3.05) is 32.8 Å². The molecule has 0 aromatic rings. The molecule has 1 unspecified atom stereocenters. The van der Waals surface area contributed by atoms with Crippen molar-refractivity contribution in [1.82, 2.24) is 4.90 Å². The average Bonchev–Trinajstić information content (AvgIpc) is 2.15. The molecule has 0 amide bonds. The Hall–Kier alpha value is -0.380. The highest BCUT2D eigenvalue weighted by molar-refractivity contribution is 4.89. The molecule has 1 saturated heterocycles. The standard InChI is InChI=1S/C10H19NO2/c1-9(2)3-4-11-5-6-13-10(7-11)8-12/h10,12H,1,3-8H2,2H3. The number of aliphatic hydroxyl groups excluding tert-OH is 1. The Morgan fingerprint density at radius 2 is 2.46 bits per heavy atom. The molecular weight excluding hydrogens is 166 g/mol. The van der Waals surface area contributed by atoms with Crippen LogP contribution in [-0.4, -0.2) is 49.0 Å². The van der Waals surface area contributed by atoms with E-state index >= 15 is 0 Å². The van der Waals surface area contributed by atoms with Crippen molar-refractivity contribution in [3.63, 3.8) is 0 Å². The third kappa shape index (κ3) is 3.89. The second-order valence-electron chi connectivity index (χ2n) is 3.68. The normalized spacial score (nSPS) is 24.6. The quantitative estimate of drug-likeness (QED) is 0.653. The Bertz CT molecular complexity index is 170. The fourth-order valence-electron chi connectivity index (χ4n) is 1.44. The molecule has 76 valence electrons. The topological polar surface area (TPSA) is 32.7 Å². The first-order valence-electron chi connectivity index (χ1n) is 4.81. The molecule has 0 bridgehead atoms. The Balaban J connectivity index is 2.21. The van der Waals surface area contributed by atoms with E-state index in [0.717, 1.165) is 32.7 Å². The summed E-state index contributed by atoms with van der Waals surface area (Å²) in [6.07, 6.45) is 1.05. The highest BCUT2D eigenvalue weighted by atomic mass is 16.5. The first-order chi connectivity index (χ1) is 6.22. The molecule has 1 aliphatic heterocycles. The molecule has 0 radical (unpaired) electrons. The van der Waals surface area contributed by atoms with E-state index in [1.165, 1.54) is 5.57 Å². The summed E-state index contributed by atoms with van der Waals surface area (Å²) in [6, 6.07) is 0. The molecule has 13 heavy (non-hydrogen) atoms. The Kier molecular flexibility index (Phi) is 4.42. The van der Waals surface area contributed by atoms with Gasteiger partial charge in [-0.2, -0.15) is 0 Å². The Morgan fingerprint density at radius 3 is 3.08 bits per heavy atom. The SMILES string of the molecule is C=C(C)CCN1CCOC(CO)C1. The highest BCUT2D eigenvalue weighted by Gasteiger charge is 2.18. The van der Waals surface area contributed by atoms with Crippen LogP contribution in [0.1, 0.15) is 13.3 Å². The van der Waals surface area contributed by atoms with Gasteiger partial charge in [-0.05, 0) is 13.3 Å². The molecule has 0 aromatic carbocycles. The van der Waals surface area contributed by atoms with Crippen LogP contribution < -0.4 is 0 Å². The number of rotatable bonds is 4. The van der Waals surface area contributed by atoms with Crippen molar-refractivity contribution in [2.24, 2.45) is 0 Å². The lowest BCUT2D eigenvalue weighted by Gasteiger charge is -2.31. The monoisotopic (exact) mass is 185 g/mol. The first-order valence-corrected chi connectivity index (χ1v) is 4.81. The minimum atomic E-state index is 0.0128. The van der Waals surface area contributed by atoms with E-state index < -0.39 is 0 Å².